The summed E-state index contributed by atoms with van der Waals surface area (Å²) in [6.45, 7) is 7.40. The summed E-state index contributed by atoms with van der Waals surface area (Å²) in [6, 6.07) is 5.44. The standard InChI is InChI=1S/C15H16ClNO2/c1-8-10(3)19-11(4)14(8)15(18)17-13-7-5-6-12(16)9(13)2/h5-7H,1-4H3,(H,17,18). The number of nitrogens with one attached hydrogen (secondary N) is 1. The van der Waals surface area contributed by atoms with Crippen LogP contribution in [-0.4, -0.2) is 5.91 Å². The Labute approximate surface area is 117 Å². The normalized spacial score (nSPS) is 10.6. The molecule has 2 rings (SSSR count). The Bertz CT molecular complexity index is 644. The first-order valence-electron chi connectivity index (χ1n) is 6.05. The molecule has 0 fully saturated rings. The third-order valence-electron chi connectivity index (χ3n) is 3.30. The van der Waals surface area contributed by atoms with Gasteiger partial charge in [-0.15, -0.1) is 0 Å². The van der Waals surface area contributed by atoms with Gasteiger partial charge in [0.1, 0.15) is 11.5 Å². The van der Waals surface area contributed by atoms with Crippen molar-refractivity contribution in [2.75, 3.05) is 5.32 Å². The highest BCUT2D eigenvalue weighted by Crippen LogP contribution is 2.26. The maximum absolute atomic E-state index is 12.3. The average molecular weight is 278 g/mol. The van der Waals surface area contributed by atoms with Gasteiger partial charge in [0.05, 0.1) is 5.56 Å². The van der Waals surface area contributed by atoms with Gasteiger partial charge < -0.3 is 9.73 Å². The van der Waals surface area contributed by atoms with Crippen LogP contribution in [0, 0.1) is 27.7 Å². The van der Waals surface area contributed by atoms with E-state index in [1.54, 1.807) is 13.0 Å². The van der Waals surface area contributed by atoms with Gasteiger partial charge >= 0.3 is 0 Å². The average Bonchev–Trinajstić information content (AvgIpc) is 2.59. The zero-order chi connectivity index (χ0) is 14.2. The fourth-order valence-corrected chi connectivity index (χ4v) is 2.23. The van der Waals surface area contributed by atoms with Crippen molar-refractivity contribution in [3.05, 3.63) is 51.4 Å². The topological polar surface area (TPSA) is 42.2 Å². The van der Waals surface area contributed by atoms with Gasteiger partial charge in [-0.25, -0.2) is 0 Å². The largest absolute Gasteiger partial charge is 0.466 e. The predicted octanol–water partition coefficient (Wildman–Crippen LogP) is 4.42. The van der Waals surface area contributed by atoms with Gasteiger partial charge in [0.15, 0.2) is 0 Å². The summed E-state index contributed by atoms with van der Waals surface area (Å²) in [5.41, 5.74) is 3.04. The monoisotopic (exact) mass is 277 g/mol. The van der Waals surface area contributed by atoms with E-state index in [0.717, 1.165) is 22.6 Å². The number of carbonyl (C=O) groups excluding carboxylic acids is 1. The first-order valence-corrected chi connectivity index (χ1v) is 6.42. The van der Waals surface area contributed by atoms with Crippen molar-refractivity contribution < 1.29 is 9.21 Å². The third kappa shape index (κ3) is 2.51. The molecule has 1 aromatic carbocycles. The van der Waals surface area contributed by atoms with Gasteiger partial charge in [-0.2, -0.15) is 0 Å². The summed E-state index contributed by atoms with van der Waals surface area (Å²) in [4.78, 5) is 12.3. The van der Waals surface area contributed by atoms with Crippen LogP contribution in [0.2, 0.25) is 5.02 Å². The van der Waals surface area contributed by atoms with Gasteiger partial charge in [-0.05, 0) is 45.4 Å². The molecule has 0 radical (unpaired) electrons. The molecule has 0 saturated heterocycles. The Balaban J connectivity index is 2.34. The highest BCUT2D eigenvalue weighted by atomic mass is 35.5. The maximum Gasteiger partial charge on any atom is 0.259 e. The molecule has 4 heteroatoms. The van der Waals surface area contributed by atoms with E-state index >= 15 is 0 Å². The molecule has 3 nitrogen and oxygen atoms in total. The molecule has 2 aromatic rings. The minimum Gasteiger partial charge on any atom is -0.466 e. The zero-order valence-electron chi connectivity index (χ0n) is 11.4. The highest BCUT2D eigenvalue weighted by Gasteiger charge is 2.19. The summed E-state index contributed by atoms with van der Waals surface area (Å²) < 4.78 is 5.47. The van der Waals surface area contributed by atoms with Crippen molar-refractivity contribution in [3.8, 4) is 0 Å². The van der Waals surface area contributed by atoms with E-state index in [4.69, 9.17) is 16.0 Å². The van der Waals surface area contributed by atoms with Crippen molar-refractivity contribution in [2.24, 2.45) is 0 Å². The van der Waals surface area contributed by atoms with Gasteiger partial charge in [0.25, 0.3) is 5.91 Å². The van der Waals surface area contributed by atoms with Gasteiger partial charge in [-0.3, -0.25) is 4.79 Å². The molecule has 0 unspecified atom stereocenters. The molecule has 19 heavy (non-hydrogen) atoms. The number of rotatable bonds is 2. The molecule has 1 aromatic heterocycles. The fraction of sp³-hybridized carbons (Fsp3) is 0.267. The number of furan rings is 1. The first-order chi connectivity index (χ1) is 8.91. The van der Waals surface area contributed by atoms with Crippen LogP contribution >= 0.6 is 11.6 Å². The molecular weight excluding hydrogens is 262 g/mol. The maximum atomic E-state index is 12.3. The fourth-order valence-electron chi connectivity index (χ4n) is 2.06. The molecule has 0 bridgehead atoms. The Morgan fingerprint density at radius 3 is 2.37 bits per heavy atom. The summed E-state index contributed by atoms with van der Waals surface area (Å²) in [6.07, 6.45) is 0. The summed E-state index contributed by atoms with van der Waals surface area (Å²) in [5.74, 6) is 1.23. The Hall–Kier alpha value is -1.74. The Morgan fingerprint density at radius 2 is 1.79 bits per heavy atom. The van der Waals surface area contributed by atoms with Crippen molar-refractivity contribution in [1.29, 1.82) is 0 Å². The molecule has 100 valence electrons. The number of halogens is 1. The number of amides is 1. The minimum atomic E-state index is -0.169. The van der Waals surface area contributed by atoms with Crippen molar-refractivity contribution in [2.45, 2.75) is 27.7 Å². The van der Waals surface area contributed by atoms with E-state index in [2.05, 4.69) is 5.32 Å². The molecule has 0 atom stereocenters. The van der Waals surface area contributed by atoms with Gasteiger partial charge in [0.2, 0.25) is 0 Å². The lowest BCUT2D eigenvalue weighted by Crippen LogP contribution is -2.14. The van der Waals surface area contributed by atoms with Crippen LogP contribution in [0.4, 0.5) is 5.69 Å². The first kappa shape index (κ1) is 13.7. The minimum absolute atomic E-state index is 0.169. The van der Waals surface area contributed by atoms with Gasteiger partial charge in [-0.1, -0.05) is 17.7 Å². The number of benzene rings is 1. The van der Waals surface area contributed by atoms with Crippen LogP contribution < -0.4 is 5.32 Å². The van der Waals surface area contributed by atoms with Crippen LogP contribution in [0.15, 0.2) is 22.6 Å². The molecule has 1 amide bonds. The molecule has 0 aliphatic heterocycles. The Kier molecular flexibility index (Phi) is 3.67. The van der Waals surface area contributed by atoms with Gasteiger partial charge in [0, 0.05) is 16.3 Å². The highest BCUT2D eigenvalue weighted by molar-refractivity contribution is 6.31. The number of aryl methyl sites for hydroxylation is 2. The molecular formula is C15H16ClNO2. The van der Waals surface area contributed by atoms with E-state index < -0.39 is 0 Å². The molecule has 0 saturated carbocycles. The van der Waals surface area contributed by atoms with E-state index in [0.29, 0.717) is 16.3 Å². The third-order valence-corrected chi connectivity index (χ3v) is 3.71. The lowest BCUT2D eigenvalue weighted by molar-refractivity contribution is 0.102. The van der Waals surface area contributed by atoms with Crippen LogP contribution in [0.1, 0.15) is 33.0 Å². The SMILES string of the molecule is Cc1oc(C)c(C(=O)Nc2cccc(Cl)c2C)c1C. The predicted molar refractivity (Wildman–Crippen MR) is 77.1 cm³/mol. The van der Waals surface area contributed by atoms with Crippen LogP contribution in [0.25, 0.3) is 0 Å². The van der Waals surface area contributed by atoms with E-state index in [1.165, 1.54) is 0 Å². The second-order valence-electron chi connectivity index (χ2n) is 4.58. The van der Waals surface area contributed by atoms with Crippen molar-refractivity contribution in [1.82, 2.24) is 0 Å². The van der Waals surface area contributed by atoms with Crippen LogP contribution in [0.3, 0.4) is 0 Å². The number of carbonyl (C=O) groups is 1. The summed E-state index contributed by atoms with van der Waals surface area (Å²) in [5, 5.41) is 3.51. The van der Waals surface area contributed by atoms with E-state index in [9.17, 15) is 4.79 Å². The number of anilines is 1. The molecule has 0 aliphatic carbocycles. The van der Waals surface area contributed by atoms with E-state index in [-0.39, 0.29) is 5.91 Å². The molecule has 1 N–H and O–H groups in total. The molecule has 0 aliphatic rings. The second kappa shape index (κ2) is 5.10. The van der Waals surface area contributed by atoms with Crippen molar-refractivity contribution >= 4 is 23.2 Å². The summed E-state index contributed by atoms with van der Waals surface area (Å²) >= 11 is 6.04. The van der Waals surface area contributed by atoms with E-state index in [1.807, 2.05) is 32.9 Å². The quantitative estimate of drug-likeness (QED) is 0.883. The lowest BCUT2D eigenvalue weighted by atomic mass is 10.1. The Morgan fingerprint density at radius 1 is 1.11 bits per heavy atom. The smallest absolute Gasteiger partial charge is 0.259 e. The zero-order valence-corrected chi connectivity index (χ0v) is 12.2. The summed E-state index contributed by atoms with van der Waals surface area (Å²) in [7, 11) is 0. The molecule has 1 heterocycles. The second-order valence-corrected chi connectivity index (χ2v) is 4.99. The number of hydrogen-bond donors (Lipinski definition) is 1. The van der Waals surface area contributed by atoms with Crippen LogP contribution in [-0.2, 0) is 0 Å². The van der Waals surface area contributed by atoms with Crippen LogP contribution in [0.5, 0.6) is 0 Å². The number of hydrogen-bond acceptors (Lipinski definition) is 2. The lowest BCUT2D eigenvalue weighted by Gasteiger charge is -2.09. The molecule has 0 spiro atoms. The van der Waals surface area contributed by atoms with Crippen molar-refractivity contribution in [3.63, 3.8) is 0 Å².